The van der Waals surface area contributed by atoms with Crippen molar-refractivity contribution in [2.45, 2.75) is 38.1 Å². The molecule has 0 radical (unpaired) electrons. The van der Waals surface area contributed by atoms with Crippen LogP contribution in [0, 0.1) is 0 Å². The molecule has 3 N–H and O–H groups in total. The number of nitrogens with zero attached hydrogens (tertiary/aromatic N) is 2. The van der Waals surface area contributed by atoms with Crippen molar-refractivity contribution in [2.75, 3.05) is 39.3 Å². The first-order valence-electron chi connectivity index (χ1n) is 7.67. The minimum Gasteiger partial charge on any atom is -0.346 e. The molecule has 0 bridgehead atoms. The van der Waals surface area contributed by atoms with E-state index in [1.54, 1.807) is 0 Å². The van der Waals surface area contributed by atoms with Crippen LogP contribution in [0.2, 0.25) is 0 Å². The highest BCUT2D eigenvalue weighted by molar-refractivity contribution is 5.85. The lowest BCUT2D eigenvalue weighted by molar-refractivity contribution is -0.133. The number of rotatable bonds is 4. The SMILES string of the molecule is NC1CCN(CC(=O)NCC(=O)N2CCCCC2)CC1. The number of amides is 2. The molecule has 2 saturated heterocycles. The zero-order valence-corrected chi connectivity index (χ0v) is 12.1. The van der Waals surface area contributed by atoms with E-state index in [0.717, 1.165) is 51.9 Å². The summed E-state index contributed by atoms with van der Waals surface area (Å²) in [6.45, 7) is 3.91. The minimum atomic E-state index is -0.0640. The lowest BCUT2D eigenvalue weighted by Gasteiger charge is -2.29. The van der Waals surface area contributed by atoms with E-state index in [-0.39, 0.29) is 24.4 Å². The van der Waals surface area contributed by atoms with Gasteiger partial charge in [-0.15, -0.1) is 0 Å². The average Bonchev–Trinajstić information content (AvgIpc) is 2.48. The van der Waals surface area contributed by atoms with Crippen molar-refractivity contribution in [3.63, 3.8) is 0 Å². The van der Waals surface area contributed by atoms with Gasteiger partial charge in [-0.1, -0.05) is 0 Å². The number of carbonyl (C=O) groups is 2. The largest absolute Gasteiger partial charge is 0.346 e. The Balaban J connectivity index is 1.63. The lowest BCUT2D eigenvalue weighted by atomic mass is 10.1. The van der Waals surface area contributed by atoms with Gasteiger partial charge in [0, 0.05) is 32.2 Å². The molecule has 0 unspecified atom stereocenters. The Morgan fingerprint density at radius 2 is 1.70 bits per heavy atom. The first-order valence-corrected chi connectivity index (χ1v) is 7.67. The van der Waals surface area contributed by atoms with E-state index in [2.05, 4.69) is 10.2 Å². The van der Waals surface area contributed by atoms with Gasteiger partial charge in [0.2, 0.25) is 11.8 Å². The Bertz CT molecular complexity index is 334. The second kappa shape index (κ2) is 7.59. The number of hydrogen-bond acceptors (Lipinski definition) is 4. The molecule has 114 valence electrons. The molecule has 6 nitrogen and oxygen atoms in total. The van der Waals surface area contributed by atoms with E-state index in [1.807, 2.05) is 4.90 Å². The van der Waals surface area contributed by atoms with Crippen LogP contribution in [0.25, 0.3) is 0 Å². The maximum atomic E-state index is 11.9. The molecular weight excluding hydrogens is 256 g/mol. The molecule has 2 aliphatic rings. The minimum absolute atomic E-state index is 0.0405. The third kappa shape index (κ3) is 4.76. The third-order valence-electron chi connectivity index (χ3n) is 4.15. The summed E-state index contributed by atoms with van der Waals surface area (Å²) in [6.07, 6.45) is 5.24. The predicted molar refractivity (Wildman–Crippen MR) is 77.1 cm³/mol. The molecule has 2 heterocycles. The van der Waals surface area contributed by atoms with Crippen molar-refractivity contribution in [3.8, 4) is 0 Å². The first-order chi connectivity index (χ1) is 9.65. The van der Waals surface area contributed by atoms with Crippen LogP contribution in [0.4, 0.5) is 0 Å². The molecule has 2 fully saturated rings. The smallest absolute Gasteiger partial charge is 0.241 e. The topological polar surface area (TPSA) is 78.7 Å². The zero-order chi connectivity index (χ0) is 14.4. The number of nitrogens with one attached hydrogen (secondary N) is 1. The zero-order valence-electron chi connectivity index (χ0n) is 12.1. The van der Waals surface area contributed by atoms with E-state index in [9.17, 15) is 9.59 Å². The first kappa shape index (κ1) is 15.3. The summed E-state index contributed by atoms with van der Waals surface area (Å²) in [5.41, 5.74) is 5.83. The molecule has 0 aromatic heterocycles. The molecule has 0 saturated carbocycles. The summed E-state index contributed by atoms with van der Waals surface area (Å²) >= 11 is 0. The second-order valence-electron chi connectivity index (χ2n) is 5.83. The number of likely N-dealkylation sites (tertiary alicyclic amines) is 2. The van der Waals surface area contributed by atoms with Gasteiger partial charge in [0.15, 0.2) is 0 Å². The van der Waals surface area contributed by atoms with Crippen LogP contribution >= 0.6 is 0 Å². The normalized spacial score (nSPS) is 21.8. The molecule has 2 amide bonds. The Labute approximate surface area is 120 Å². The van der Waals surface area contributed by atoms with Crippen molar-refractivity contribution in [1.82, 2.24) is 15.1 Å². The lowest BCUT2D eigenvalue weighted by Crippen LogP contribution is -2.47. The van der Waals surface area contributed by atoms with Gasteiger partial charge in [0.25, 0.3) is 0 Å². The van der Waals surface area contributed by atoms with E-state index >= 15 is 0 Å². The van der Waals surface area contributed by atoms with E-state index in [4.69, 9.17) is 5.73 Å². The Morgan fingerprint density at radius 1 is 1.05 bits per heavy atom. The van der Waals surface area contributed by atoms with Gasteiger partial charge in [-0.2, -0.15) is 0 Å². The fraction of sp³-hybridized carbons (Fsp3) is 0.857. The van der Waals surface area contributed by atoms with Gasteiger partial charge < -0.3 is 16.0 Å². The summed E-state index contributed by atoms with van der Waals surface area (Å²) in [4.78, 5) is 27.7. The monoisotopic (exact) mass is 282 g/mol. The fourth-order valence-corrected chi connectivity index (χ4v) is 2.80. The Kier molecular flexibility index (Phi) is 5.79. The van der Waals surface area contributed by atoms with Gasteiger partial charge >= 0.3 is 0 Å². The Morgan fingerprint density at radius 3 is 2.35 bits per heavy atom. The number of carbonyl (C=O) groups excluding carboxylic acids is 2. The summed E-state index contributed by atoms with van der Waals surface area (Å²) in [5.74, 6) is -0.0236. The molecule has 6 heteroatoms. The number of hydrogen-bond donors (Lipinski definition) is 2. The maximum Gasteiger partial charge on any atom is 0.241 e. The molecule has 20 heavy (non-hydrogen) atoms. The molecule has 0 spiro atoms. The van der Waals surface area contributed by atoms with Gasteiger partial charge in [-0.05, 0) is 32.1 Å². The molecule has 0 aromatic carbocycles. The van der Waals surface area contributed by atoms with Crippen LogP contribution in [-0.2, 0) is 9.59 Å². The third-order valence-corrected chi connectivity index (χ3v) is 4.15. The van der Waals surface area contributed by atoms with Gasteiger partial charge in [-0.25, -0.2) is 0 Å². The van der Waals surface area contributed by atoms with Crippen molar-refractivity contribution < 1.29 is 9.59 Å². The second-order valence-corrected chi connectivity index (χ2v) is 5.83. The van der Waals surface area contributed by atoms with E-state index < -0.39 is 0 Å². The van der Waals surface area contributed by atoms with E-state index in [1.165, 1.54) is 6.42 Å². The Hall–Kier alpha value is -1.14. The highest BCUT2D eigenvalue weighted by Gasteiger charge is 2.20. The average molecular weight is 282 g/mol. The highest BCUT2D eigenvalue weighted by atomic mass is 16.2. The summed E-state index contributed by atoms with van der Waals surface area (Å²) in [5, 5.41) is 2.74. The number of piperidine rings is 2. The number of nitrogens with two attached hydrogens (primary N) is 1. The van der Waals surface area contributed by atoms with Gasteiger partial charge in [0.1, 0.15) is 0 Å². The summed E-state index contributed by atoms with van der Waals surface area (Å²) in [7, 11) is 0. The van der Waals surface area contributed by atoms with Crippen LogP contribution in [0.3, 0.4) is 0 Å². The molecule has 0 aromatic rings. The highest BCUT2D eigenvalue weighted by Crippen LogP contribution is 2.09. The fourth-order valence-electron chi connectivity index (χ4n) is 2.80. The molecule has 2 rings (SSSR count). The van der Waals surface area contributed by atoms with Crippen LogP contribution in [-0.4, -0.2) is 66.9 Å². The van der Waals surface area contributed by atoms with Crippen LogP contribution in [0.15, 0.2) is 0 Å². The maximum absolute atomic E-state index is 11.9. The molecule has 2 aliphatic heterocycles. The van der Waals surface area contributed by atoms with Crippen molar-refractivity contribution in [2.24, 2.45) is 5.73 Å². The van der Waals surface area contributed by atoms with Crippen molar-refractivity contribution in [1.29, 1.82) is 0 Å². The van der Waals surface area contributed by atoms with Gasteiger partial charge in [0.05, 0.1) is 13.1 Å². The van der Waals surface area contributed by atoms with Crippen LogP contribution in [0.5, 0.6) is 0 Å². The van der Waals surface area contributed by atoms with Crippen LogP contribution < -0.4 is 11.1 Å². The quantitative estimate of drug-likeness (QED) is 0.731. The molecule has 0 aliphatic carbocycles. The molecule has 0 atom stereocenters. The van der Waals surface area contributed by atoms with Crippen LogP contribution in [0.1, 0.15) is 32.1 Å². The summed E-state index contributed by atoms with van der Waals surface area (Å²) in [6, 6.07) is 0.273. The standard InChI is InChI=1S/C14H26N4O2/c15-12-4-8-17(9-5-12)11-13(19)16-10-14(20)18-6-2-1-3-7-18/h12H,1-11,15H2,(H,16,19). The van der Waals surface area contributed by atoms with Crippen molar-refractivity contribution >= 4 is 11.8 Å². The van der Waals surface area contributed by atoms with Gasteiger partial charge in [-0.3, -0.25) is 14.5 Å². The van der Waals surface area contributed by atoms with E-state index in [0.29, 0.717) is 6.54 Å². The van der Waals surface area contributed by atoms with Crippen molar-refractivity contribution in [3.05, 3.63) is 0 Å². The summed E-state index contributed by atoms with van der Waals surface area (Å²) < 4.78 is 0. The predicted octanol–water partition coefficient (Wildman–Crippen LogP) is -0.462. The molecular formula is C14H26N4O2.